The molecule has 4 aliphatic carbocycles. The summed E-state index contributed by atoms with van der Waals surface area (Å²) in [5.74, 6) is 3.25. The maximum atomic E-state index is 11.5. The van der Waals surface area contributed by atoms with Crippen LogP contribution in [0.25, 0.3) is 0 Å². The molecule has 2 N–H and O–H groups in total. The van der Waals surface area contributed by atoms with Gasteiger partial charge in [-0.25, -0.2) is 0 Å². The van der Waals surface area contributed by atoms with E-state index >= 15 is 0 Å². The van der Waals surface area contributed by atoms with Crippen LogP contribution < -0.4 is 0 Å². The molecule has 0 radical (unpaired) electrons. The molecule has 198 valence electrons. The lowest BCUT2D eigenvalue weighted by Crippen LogP contribution is -2.60. The van der Waals surface area contributed by atoms with Gasteiger partial charge in [-0.05, 0) is 105 Å². The zero-order valence-corrected chi connectivity index (χ0v) is 22.0. The van der Waals surface area contributed by atoms with E-state index < -0.39 is 36.7 Å². The number of fused-ring (bicyclic) bond motifs is 5. The number of aliphatic hydroxyl groups is 2. The molecule has 0 aromatic rings. The van der Waals surface area contributed by atoms with Crippen LogP contribution >= 0.6 is 0 Å². The monoisotopic (exact) mass is 490 g/mol. The topological polar surface area (TPSA) is 85.2 Å². The highest BCUT2D eigenvalue weighted by Gasteiger charge is 2.60. The van der Waals surface area contributed by atoms with Crippen molar-refractivity contribution in [2.45, 2.75) is 122 Å². The lowest BCUT2D eigenvalue weighted by molar-refractivity contribution is -0.311. The lowest BCUT2D eigenvalue weighted by atomic mass is 9.44. The van der Waals surface area contributed by atoms with E-state index in [9.17, 15) is 15.0 Å². The Balaban J connectivity index is 1.25. The Morgan fingerprint density at radius 3 is 2.43 bits per heavy atom. The van der Waals surface area contributed by atoms with E-state index in [-0.39, 0.29) is 6.10 Å². The summed E-state index contributed by atoms with van der Waals surface area (Å²) in [5.41, 5.74) is 0.798. The molecule has 3 unspecified atom stereocenters. The molecule has 0 aromatic heterocycles. The van der Waals surface area contributed by atoms with Gasteiger partial charge in [-0.3, -0.25) is 4.79 Å². The summed E-state index contributed by atoms with van der Waals surface area (Å²) in [6, 6.07) is 0. The summed E-state index contributed by atoms with van der Waals surface area (Å²) in [6.45, 7) is 12.3. The van der Waals surface area contributed by atoms with E-state index in [0.717, 1.165) is 37.0 Å². The minimum atomic E-state index is -1.20. The van der Waals surface area contributed by atoms with Gasteiger partial charge < -0.3 is 24.4 Å². The Hall–Kier alpha value is -0.950. The van der Waals surface area contributed by atoms with E-state index in [1.165, 1.54) is 45.4 Å². The van der Waals surface area contributed by atoms with Gasteiger partial charge in [0.05, 0.1) is 12.2 Å². The number of ether oxygens (including phenoxy) is 3. The number of hydrogen-bond donors (Lipinski definition) is 2. The second-order valence-electron chi connectivity index (χ2n) is 12.9. The maximum absolute atomic E-state index is 11.5. The predicted octanol–water partition coefficient (Wildman–Crippen LogP) is 4.61. The number of allylic oxidation sites excluding steroid dienone is 1. The number of aliphatic hydroxyl groups excluding tert-OH is 2. The van der Waals surface area contributed by atoms with Gasteiger partial charge in [0.2, 0.25) is 0 Å². The Labute approximate surface area is 210 Å². The fourth-order valence-corrected chi connectivity index (χ4v) is 9.40. The van der Waals surface area contributed by atoms with Gasteiger partial charge in [-0.15, -0.1) is 6.58 Å². The van der Waals surface area contributed by atoms with Crippen molar-refractivity contribution in [1.29, 1.82) is 0 Å². The lowest BCUT2D eigenvalue weighted by Gasteiger charge is -2.61. The van der Waals surface area contributed by atoms with Crippen LogP contribution in [0.15, 0.2) is 12.7 Å². The first-order chi connectivity index (χ1) is 16.6. The van der Waals surface area contributed by atoms with Crippen LogP contribution in [-0.2, 0) is 19.0 Å². The molecular formula is C29H46O6. The Bertz CT molecular complexity index is 815. The normalized spacial score (nSPS) is 53.7. The van der Waals surface area contributed by atoms with Crippen molar-refractivity contribution in [3.63, 3.8) is 0 Å². The highest BCUT2D eigenvalue weighted by atomic mass is 16.7. The summed E-state index contributed by atoms with van der Waals surface area (Å²) in [7, 11) is 0. The Morgan fingerprint density at radius 1 is 1.00 bits per heavy atom. The van der Waals surface area contributed by atoms with Gasteiger partial charge in [-0.1, -0.05) is 19.9 Å². The van der Waals surface area contributed by atoms with Crippen LogP contribution in [0, 0.1) is 40.4 Å². The molecule has 1 saturated heterocycles. The van der Waals surface area contributed by atoms with Crippen LogP contribution in [0.2, 0.25) is 0 Å². The third-order valence-corrected chi connectivity index (χ3v) is 11.4. The van der Waals surface area contributed by atoms with E-state index in [1.807, 2.05) is 0 Å². The minimum absolute atomic E-state index is 0.00943. The maximum Gasteiger partial charge on any atom is 0.303 e. The molecule has 0 bridgehead atoms. The van der Waals surface area contributed by atoms with Crippen molar-refractivity contribution in [2.24, 2.45) is 40.4 Å². The zero-order chi connectivity index (χ0) is 25.1. The second-order valence-corrected chi connectivity index (χ2v) is 12.9. The van der Waals surface area contributed by atoms with Crippen molar-refractivity contribution >= 4 is 5.97 Å². The fourth-order valence-electron chi connectivity index (χ4n) is 9.40. The largest absolute Gasteiger partial charge is 0.457 e. The number of carbonyl (C=O) groups excluding carboxylic acids is 1. The van der Waals surface area contributed by atoms with Crippen molar-refractivity contribution in [3.8, 4) is 0 Å². The Kier molecular flexibility index (Phi) is 6.91. The molecule has 0 spiro atoms. The average Bonchev–Trinajstić information content (AvgIpc) is 3.16. The molecule has 5 aliphatic rings. The number of rotatable bonds is 4. The molecule has 1 heterocycles. The van der Waals surface area contributed by atoms with Gasteiger partial charge >= 0.3 is 5.97 Å². The molecule has 35 heavy (non-hydrogen) atoms. The first-order valence-corrected chi connectivity index (χ1v) is 14.0. The molecule has 5 rings (SSSR count). The first-order valence-electron chi connectivity index (χ1n) is 14.0. The predicted molar refractivity (Wildman–Crippen MR) is 132 cm³/mol. The van der Waals surface area contributed by atoms with Crippen LogP contribution in [-0.4, -0.2) is 53.0 Å². The van der Waals surface area contributed by atoms with Crippen LogP contribution in [0.3, 0.4) is 0 Å². The number of hydrogen-bond acceptors (Lipinski definition) is 6. The average molecular weight is 491 g/mol. The van der Waals surface area contributed by atoms with Crippen molar-refractivity contribution in [1.82, 2.24) is 0 Å². The summed E-state index contributed by atoms with van der Waals surface area (Å²) < 4.78 is 17.4. The summed E-state index contributed by atoms with van der Waals surface area (Å²) in [5, 5.41) is 21.2. The molecule has 5 fully saturated rings. The number of esters is 1. The smallest absolute Gasteiger partial charge is 0.303 e. The minimum Gasteiger partial charge on any atom is -0.457 e. The van der Waals surface area contributed by atoms with Gasteiger partial charge in [0.15, 0.2) is 12.4 Å². The second kappa shape index (κ2) is 9.41. The van der Waals surface area contributed by atoms with E-state index in [4.69, 9.17) is 14.2 Å². The molecular weight excluding hydrogens is 444 g/mol. The highest BCUT2D eigenvalue weighted by Crippen LogP contribution is 2.67. The van der Waals surface area contributed by atoms with E-state index in [0.29, 0.717) is 22.7 Å². The molecule has 1 aliphatic heterocycles. The van der Waals surface area contributed by atoms with Crippen molar-refractivity contribution in [3.05, 3.63) is 12.7 Å². The first kappa shape index (κ1) is 25.7. The van der Waals surface area contributed by atoms with Crippen LogP contribution in [0.5, 0.6) is 0 Å². The van der Waals surface area contributed by atoms with Crippen molar-refractivity contribution in [2.75, 3.05) is 0 Å². The van der Waals surface area contributed by atoms with Gasteiger partial charge in [0, 0.05) is 6.92 Å². The molecule has 0 aromatic carbocycles. The van der Waals surface area contributed by atoms with E-state index in [1.54, 1.807) is 6.92 Å². The number of carbonyl (C=O) groups is 1. The van der Waals surface area contributed by atoms with Crippen molar-refractivity contribution < 1.29 is 29.2 Å². The van der Waals surface area contributed by atoms with Crippen LogP contribution in [0.4, 0.5) is 0 Å². The molecule has 6 nitrogen and oxygen atoms in total. The third-order valence-electron chi connectivity index (χ3n) is 11.4. The van der Waals surface area contributed by atoms with Gasteiger partial charge in [0.25, 0.3) is 0 Å². The summed E-state index contributed by atoms with van der Waals surface area (Å²) >= 11 is 0. The van der Waals surface area contributed by atoms with E-state index in [2.05, 4.69) is 26.5 Å². The molecule has 13 atom stereocenters. The van der Waals surface area contributed by atoms with Crippen LogP contribution in [0.1, 0.15) is 85.5 Å². The summed E-state index contributed by atoms with van der Waals surface area (Å²) in [4.78, 5) is 11.5. The van der Waals surface area contributed by atoms with Gasteiger partial charge in [0.1, 0.15) is 12.2 Å². The third kappa shape index (κ3) is 4.20. The Morgan fingerprint density at radius 2 is 1.71 bits per heavy atom. The molecule has 0 amide bonds. The highest BCUT2D eigenvalue weighted by molar-refractivity contribution is 5.66. The zero-order valence-electron chi connectivity index (χ0n) is 22.0. The molecule has 4 saturated carbocycles. The van der Waals surface area contributed by atoms with Gasteiger partial charge in [-0.2, -0.15) is 0 Å². The SMILES string of the molecule is C=C[C@H]1CC[C@H]2[C@@H]3CC[C@H]4C[C@@H](O[C@@H]5OC(C)[C@@H](O)C(OC(C)=O)C5O)CC[C@]4(C)[C@H]3CC[C@]12C. The standard InChI is InChI=1S/C29H46O6/c1-6-18-8-10-22-21-9-7-19-15-20(11-13-29(19,5)23(21)12-14-28(18,22)4)35-27-25(32)26(34-17(3)30)24(31)16(2)33-27/h6,16,18-27,31-32H,1,7-15H2,2-5H3/t16?,18-,19-,20-,21-,22-,23-,24+,25?,26?,27-,28+,29-/m0/s1. The quantitative estimate of drug-likeness (QED) is 0.340. The summed E-state index contributed by atoms with van der Waals surface area (Å²) in [6.07, 6.45) is 8.46. The molecule has 6 heteroatoms. The fraction of sp³-hybridized carbons (Fsp3) is 0.897.